The number of rotatable bonds is 8. The van der Waals surface area contributed by atoms with Crippen LogP contribution in [0.15, 0.2) is 36.4 Å². The maximum Gasteiger partial charge on any atom is 0.310 e. The largest absolute Gasteiger partial charge is 0.493 e. The van der Waals surface area contributed by atoms with Gasteiger partial charge in [0.15, 0.2) is 23.9 Å². The van der Waals surface area contributed by atoms with Gasteiger partial charge in [-0.25, -0.2) is 4.39 Å². The summed E-state index contributed by atoms with van der Waals surface area (Å²) in [7, 11) is 4.39. The number of esters is 1. The van der Waals surface area contributed by atoms with Gasteiger partial charge in [-0.1, -0.05) is 18.2 Å². The molecule has 0 aromatic heterocycles. The highest BCUT2D eigenvalue weighted by Crippen LogP contribution is 2.39. The van der Waals surface area contributed by atoms with Gasteiger partial charge in [0.1, 0.15) is 5.82 Å². The van der Waals surface area contributed by atoms with Crippen LogP contribution in [0.3, 0.4) is 0 Å². The normalized spacial score (nSPS) is 10.2. The fraction of sp³-hybridized carbons (Fsp3) is 0.263. The molecule has 6 nitrogen and oxygen atoms in total. The molecule has 0 N–H and O–H groups in total. The van der Waals surface area contributed by atoms with E-state index in [-0.39, 0.29) is 12.0 Å². The van der Waals surface area contributed by atoms with E-state index in [0.29, 0.717) is 22.8 Å². The fourth-order valence-electron chi connectivity index (χ4n) is 2.40. The molecule has 0 saturated heterocycles. The Morgan fingerprint density at radius 2 is 1.69 bits per heavy atom. The molecule has 0 amide bonds. The van der Waals surface area contributed by atoms with Gasteiger partial charge in [0, 0.05) is 11.1 Å². The van der Waals surface area contributed by atoms with Crippen LogP contribution >= 0.6 is 0 Å². The minimum absolute atomic E-state index is 0.125. The number of hydrogen-bond acceptors (Lipinski definition) is 6. The predicted molar refractivity (Wildman–Crippen MR) is 91.5 cm³/mol. The summed E-state index contributed by atoms with van der Waals surface area (Å²) in [5.74, 6) is -0.478. The SMILES string of the molecule is COc1ccc(CC(=O)OCC(=O)c2cccc(F)c2)c(OC)c1OC. The van der Waals surface area contributed by atoms with E-state index in [9.17, 15) is 14.0 Å². The second kappa shape index (κ2) is 8.84. The van der Waals surface area contributed by atoms with Gasteiger partial charge in [0.05, 0.1) is 27.8 Å². The Balaban J connectivity index is 2.05. The van der Waals surface area contributed by atoms with Gasteiger partial charge in [-0.3, -0.25) is 9.59 Å². The smallest absolute Gasteiger partial charge is 0.310 e. The molecule has 0 radical (unpaired) electrons. The van der Waals surface area contributed by atoms with Crippen LogP contribution in [0.5, 0.6) is 17.2 Å². The van der Waals surface area contributed by atoms with Crippen LogP contribution in [0.1, 0.15) is 15.9 Å². The third-order valence-corrected chi connectivity index (χ3v) is 3.63. The van der Waals surface area contributed by atoms with E-state index in [1.807, 2.05) is 0 Å². The van der Waals surface area contributed by atoms with Crippen molar-refractivity contribution in [2.24, 2.45) is 0 Å². The van der Waals surface area contributed by atoms with Crippen molar-refractivity contribution in [3.8, 4) is 17.2 Å². The van der Waals surface area contributed by atoms with E-state index in [1.165, 1.54) is 39.5 Å². The third kappa shape index (κ3) is 4.50. The highest BCUT2D eigenvalue weighted by Gasteiger charge is 2.19. The summed E-state index contributed by atoms with van der Waals surface area (Å²) in [6.07, 6.45) is -0.125. The molecule has 0 bridgehead atoms. The van der Waals surface area contributed by atoms with Crippen molar-refractivity contribution in [2.75, 3.05) is 27.9 Å². The Morgan fingerprint density at radius 1 is 0.962 bits per heavy atom. The second-order valence-corrected chi connectivity index (χ2v) is 5.26. The lowest BCUT2D eigenvalue weighted by Gasteiger charge is -2.15. The van der Waals surface area contributed by atoms with Crippen LogP contribution in [-0.4, -0.2) is 39.7 Å². The zero-order valence-corrected chi connectivity index (χ0v) is 14.7. The number of carbonyl (C=O) groups excluding carboxylic acids is 2. The molecule has 7 heteroatoms. The zero-order chi connectivity index (χ0) is 19.1. The number of ether oxygens (including phenoxy) is 4. The standard InChI is InChI=1S/C19H19FO6/c1-23-16-8-7-13(18(24-2)19(16)25-3)10-17(22)26-11-15(21)12-5-4-6-14(20)9-12/h4-9H,10-11H2,1-3H3. The maximum atomic E-state index is 13.1. The van der Waals surface area contributed by atoms with E-state index < -0.39 is 24.2 Å². The van der Waals surface area contributed by atoms with Gasteiger partial charge < -0.3 is 18.9 Å². The lowest BCUT2D eigenvalue weighted by molar-refractivity contribution is -0.141. The van der Waals surface area contributed by atoms with Crippen LogP contribution in [0.4, 0.5) is 4.39 Å². The summed E-state index contributed by atoms with van der Waals surface area (Å²) in [4.78, 5) is 24.0. The van der Waals surface area contributed by atoms with Crippen molar-refractivity contribution in [3.63, 3.8) is 0 Å². The first-order chi connectivity index (χ1) is 12.5. The van der Waals surface area contributed by atoms with Crippen molar-refractivity contribution in [1.29, 1.82) is 0 Å². The third-order valence-electron chi connectivity index (χ3n) is 3.63. The van der Waals surface area contributed by atoms with E-state index in [0.717, 1.165) is 6.07 Å². The van der Waals surface area contributed by atoms with Crippen LogP contribution in [-0.2, 0) is 16.0 Å². The van der Waals surface area contributed by atoms with E-state index >= 15 is 0 Å². The fourth-order valence-corrected chi connectivity index (χ4v) is 2.40. The molecule has 0 aliphatic rings. The van der Waals surface area contributed by atoms with Gasteiger partial charge in [-0.2, -0.15) is 0 Å². The van der Waals surface area contributed by atoms with Gasteiger partial charge in [0.2, 0.25) is 5.75 Å². The molecule has 0 heterocycles. The molecule has 0 fully saturated rings. The van der Waals surface area contributed by atoms with Gasteiger partial charge in [0.25, 0.3) is 0 Å². The molecule has 2 aromatic rings. The summed E-state index contributed by atoms with van der Waals surface area (Å²) >= 11 is 0. The number of methoxy groups -OCH3 is 3. The average Bonchev–Trinajstić information content (AvgIpc) is 2.65. The second-order valence-electron chi connectivity index (χ2n) is 5.26. The lowest BCUT2D eigenvalue weighted by Crippen LogP contribution is -2.16. The number of ketones is 1. The Bertz CT molecular complexity index is 803. The number of benzene rings is 2. The van der Waals surface area contributed by atoms with Crippen LogP contribution in [0, 0.1) is 5.82 Å². The first-order valence-electron chi connectivity index (χ1n) is 7.72. The molecule has 2 rings (SSSR count). The molecule has 2 aromatic carbocycles. The molecule has 0 atom stereocenters. The van der Waals surface area contributed by atoms with E-state index in [2.05, 4.69) is 0 Å². The molecule has 0 aliphatic heterocycles. The Kier molecular flexibility index (Phi) is 6.54. The maximum absolute atomic E-state index is 13.1. The van der Waals surface area contributed by atoms with Crippen molar-refractivity contribution in [2.45, 2.75) is 6.42 Å². The quantitative estimate of drug-likeness (QED) is 0.531. The highest BCUT2D eigenvalue weighted by atomic mass is 19.1. The molecule has 26 heavy (non-hydrogen) atoms. The summed E-state index contributed by atoms with van der Waals surface area (Å²) in [6, 6.07) is 8.48. The minimum Gasteiger partial charge on any atom is -0.493 e. The van der Waals surface area contributed by atoms with Gasteiger partial charge in [-0.05, 0) is 18.2 Å². The van der Waals surface area contributed by atoms with Gasteiger partial charge in [-0.15, -0.1) is 0 Å². The van der Waals surface area contributed by atoms with Gasteiger partial charge >= 0.3 is 5.97 Å². The molecule has 138 valence electrons. The zero-order valence-electron chi connectivity index (χ0n) is 14.7. The Hall–Kier alpha value is -3.09. The van der Waals surface area contributed by atoms with Crippen molar-refractivity contribution >= 4 is 11.8 Å². The monoisotopic (exact) mass is 362 g/mol. The minimum atomic E-state index is -0.625. The number of hydrogen-bond donors (Lipinski definition) is 0. The van der Waals surface area contributed by atoms with Crippen LogP contribution in [0.2, 0.25) is 0 Å². The van der Waals surface area contributed by atoms with Crippen LogP contribution in [0.25, 0.3) is 0 Å². The van der Waals surface area contributed by atoms with Crippen LogP contribution < -0.4 is 14.2 Å². The molecule has 0 spiro atoms. The van der Waals surface area contributed by atoms with Crippen molar-refractivity contribution in [3.05, 3.63) is 53.3 Å². The number of Topliss-reactive ketones (excluding diaryl/α,β-unsaturated/α-hetero) is 1. The summed E-state index contributed by atoms with van der Waals surface area (Å²) < 4.78 is 33.9. The number of carbonyl (C=O) groups is 2. The molecular formula is C19H19FO6. The molecule has 0 unspecified atom stereocenters. The lowest BCUT2D eigenvalue weighted by atomic mass is 10.1. The highest BCUT2D eigenvalue weighted by molar-refractivity contribution is 5.98. The first kappa shape index (κ1) is 19.2. The Morgan fingerprint density at radius 3 is 2.31 bits per heavy atom. The van der Waals surface area contributed by atoms with E-state index in [4.69, 9.17) is 18.9 Å². The summed E-state index contributed by atoms with van der Waals surface area (Å²) in [6.45, 7) is -0.474. The van der Waals surface area contributed by atoms with Crippen molar-refractivity contribution in [1.82, 2.24) is 0 Å². The number of halogens is 1. The summed E-state index contributed by atoms with van der Waals surface area (Å²) in [5.41, 5.74) is 0.662. The average molecular weight is 362 g/mol. The molecular weight excluding hydrogens is 343 g/mol. The topological polar surface area (TPSA) is 71.1 Å². The molecule has 0 aliphatic carbocycles. The predicted octanol–water partition coefficient (Wildman–Crippen LogP) is 2.82. The molecule has 0 saturated carbocycles. The first-order valence-corrected chi connectivity index (χ1v) is 7.72. The Labute approximate surface area is 150 Å². The van der Waals surface area contributed by atoms with E-state index in [1.54, 1.807) is 12.1 Å². The summed E-state index contributed by atoms with van der Waals surface area (Å²) in [5, 5.41) is 0. The van der Waals surface area contributed by atoms with Crippen molar-refractivity contribution < 1.29 is 32.9 Å².